The summed E-state index contributed by atoms with van der Waals surface area (Å²) in [6.07, 6.45) is 0.537. The largest absolute Gasteiger partial charge is 0.296 e. The third kappa shape index (κ3) is 1.39. The first-order valence-corrected chi connectivity index (χ1v) is 3.85. The fraction of sp³-hybridized carbons (Fsp3) is 0. The van der Waals surface area contributed by atoms with Gasteiger partial charge in [-0.05, 0) is 34.6 Å². The van der Waals surface area contributed by atoms with Crippen molar-refractivity contribution in [3.63, 3.8) is 0 Å². The van der Waals surface area contributed by atoms with E-state index in [0.29, 0.717) is 17.5 Å². The average molecular weight is 192 g/mol. The molecule has 1 aromatic carbocycles. The van der Waals surface area contributed by atoms with Gasteiger partial charge in [0, 0.05) is 5.56 Å². The molecule has 0 bridgehead atoms. The molecular formula is C9H5FN2O2. The molecule has 0 saturated heterocycles. The molecule has 1 heterocycles. The number of halogens is 1. The van der Waals surface area contributed by atoms with Crippen LogP contribution in [0, 0.1) is 5.82 Å². The summed E-state index contributed by atoms with van der Waals surface area (Å²) >= 11 is 0. The average Bonchev–Trinajstić information content (AvgIpc) is 2.67. The number of hydrogen-bond donors (Lipinski definition) is 0. The molecule has 70 valence electrons. The van der Waals surface area contributed by atoms with Gasteiger partial charge in [-0.15, -0.1) is 0 Å². The molecule has 0 fully saturated rings. The van der Waals surface area contributed by atoms with Crippen molar-refractivity contribution >= 4 is 6.29 Å². The molecule has 14 heavy (non-hydrogen) atoms. The van der Waals surface area contributed by atoms with Gasteiger partial charge in [-0.3, -0.25) is 4.79 Å². The molecule has 0 unspecified atom stereocenters. The van der Waals surface area contributed by atoms with Crippen LogP contribution in [0.25, 0.3) is 11.3 Å². The van der Waals surface area contributed by atoms with Crippen molar-refractivity contribution in [3.05, 3.63) is 35.8 Å². The predicted octanol–water partition coefficient (Wildman–Crippen LogP) is 1.69. The fourth-order valence-electron chi connectivity index (χ4n) is 1.08. The SMILES string of the molecule is O=Cc1nonc1-c1ccc(F)cc1. The summed E-state index contributed by atoms with van der Waals surface area (Å²) in [4.78, 5) is 10.5. The number of carbonyl (C=O) groups is 1. The minimum absolute atomic E-state index is 0.108. The Hall–Kier alpha value is -2.04. The van der Waals surface area contributed by atoms with Gasteiger partial charge in [-0.1, -0.05) is 0 Å². The van der Waals surface area contributed by atoms with E-state index in [0.717, 1.165) is 0 Å². The first-order valence-electron chi connectivity index (χ1n) is 3.85. The van der Waals surface area contributed by atoms with E-state index in [1.54, 1.807) is 0 Å². The Labute approximate surface area is 78.3 Å². The Morgan fingerprint density at radius 2 is 1.93 bits per heavy atom. The van der Waals surface area contributed by atoms with Crippen molar-refractivity contribution < 1.29 is 13.8 Å². The van der Waals surface area contributed by atoms with Gasteiger partial charge in [0.25, 0.3) is 0 Å². The molecule has 2 rings (SSSR count). The molecule has 0 saturated carbocycles. The quantitative estimate of drug-likeness (QED) is 0.679. The maximum atomic E-state index is 12.6. The van der Waals surface area contributed by atoms with Crippen molar-refractivity contribution in [2.75, 3.05) is 0 Å². The molecule has 0 aliphatic heterocycles. The minimum Gasteiger partial charge on any atom is -0.296 e. The Bertz CT molecular complexity index is 450. The van der Waals surface area contributed by atoms with Gasteiger partial charge < -0.3 is 0 Å². The number of nitrogens with zero attached hydrogens (tertiary/aromatic N) is 2. The lowest BCUT2D eigenvalue weighted by atomic mass is 10.1. The van der Waals surface area contributed by atoms with Crippen molar-refractivity contribution in [2.24, 2.45) is 0 Å². The molecule has 0 N–H and O–H groups in total. The normalized spacial score (nSPS) is 10.1. The van der Waals surface area contributed by atoms with Crippen LogP contribution in [0.15, 0.2) is 28.9 Å². The minimum atomic E-state index is -0.349. The first kappa shape index (κ1) is 8.55. The van der Waals surface area contributed by atoms with Crippen LogP contribution in [0.5, 0.6) is 0 Å². The summed E-state index contributed by atoms with van der Waals surface area (Å²) in [6, 6.07) is 5.56. The Kier molecular flexibility index (Phi) is 2.06. The topological polar surface area (TPSA) is 56.0 Å². The van der Waals surface area contributed by atoms with E-state index in [4.69, 9.17) is 0 Å². The van der Waals surface area contributed by atoms with Crippen molar-refractivity contribution in [3.8, 4) is 11.3 Å². The molecule has 0 amide bonds. The van der Waals surface area contributed by atoms with Crippen molar-refractivity contribution in [1.29, 1.82) is 0 Å². The molecule has 1 aromatic heterocycles. The zero-order valence-corrected chi connectivity index (χ0v) is 6.98. The molecule has 0 aliphatic carbocycles. The highest BCUT2D eigenvalue weighted by atomic mass is 19.1. The van der Waals surface area contributed by atoms with E-state index in [9.17, 15) is 9.18 Å². The number of benzene rings is 1. The summed E-state index contributed by atoms with van der Waals surface area (Å²) in [5.74, 6) is -0.349. The Balaban J connectivity index is 2.49. The number of carbonyl (C=O) groups excluding carboxylic acids is 1. The fourth-order valence-corrected chi connectivity index (χ4v) is 1.08. The van der Waals surface area contributed by atoms with Crippen molar-refractivity contribution in [2.45, 2.75) is 0 Å². The molecule has 0 atom stereocenters. The highest BCUT2D eigenvalue weighted by Crippen LogP contribution is 2.19. The number of aromatic nitrogens is 2. The second kappa shape index (κ2) is 3.37. The second-order valence-corrected chi connectivity index (χ2v) is 2.62. The lowest BCUT2D eigenvalue weighted by Crippen LogP contribution is -1.85. The monoisotopic (exact) mass is 192 g/mol. The molecule has 5 heteroatoms. The van der Waals surface area contributed by atoms with Crippen LogP contribution in [-0.2, 0) is 0 Å². The highest BCUT2D eigenvalue weighted by Gasteiger charge is 2.10. The van der Waals surface area contributed by atoms with Crippen LogP contribution in [-0.4, -0.2) is 16.6 Å². The third-order valence-corrected chi connectivity index (χ3v) is 1.74. The number of hydrogen-bond acceptors (Lipinski definition) is 4. The van der Waals surface area contributed by atoms with Gasteiger partial charge in [0.15, 0.2) is 12.0 Å². The van der Waals surface area contributed by atoms with Gasteiger partial charge in [0.2, 0.25) is 0 Å². The zero-order valence-electron chi connectivity index (χ0n) is 6.98. The summed E-state index contributed by atoms with van der Waals surface area (Å²) in [7, 11) is 0. The first-order chi connectivity index (χ1) is 6.81. The third-order valence-electron chi connectivity index (χ3n) is 1.74. The molecule has 0 aliphatic rings. The number of aldehydes is 1. The second-order valence-electron chi connectivity index (χ2n) is 2.62. The maximum absolute atomic E-state index is 12.6. The van der Waals surface area contributed by atoms with Crippen LogP contribution < -0.4 is 0 Å². The van der Waals surface area contributed by atoms with Crippen LogP contribution >= 0.6 is 0 Å². The smallest absolute Gasteiger partial charge is 0.175 e. The van der Waals surface area contributed by atoms with Crippen LogP contribution in [0.1, 0.15) is 10.5 Å². The summed E-state index contributed by atoms with van der Waals surface area (Å²) in [5.41, 5.74) is 1.02. The van der Waals surface area contributed by atoms with E-state index in [1.807, 2.05) is 0 Å². The maximum Gasteiger partial charge on any atom is 0.175 e. The standard InChI is InChI=1S/C9H5FN2O2/c10-7-3-1-6(2-4-7)9-8(5-13)11-14-12-9/h1-5H. The predicted molar refractivity (Wildman–Crippen MR) is 45.1 cm³/mol. The number of rotatable bonds is 2. The van der Waals surface area contributed by atoms with Gasteiger partial charge in [0.05, 0.1) is 0 Å². The zero-order chi connectivity index (χ0) is 9.97. The molecule has 0 radical (unpaired) electrons. The van der Waals surface area contributed by atoms with E-state index in [1.165, 1.54) is 24.3 Å². The molecule has 4 nitrogen and oxygen atoms in total. The molecule has 2 aromatic rings. The Morgan fingerprint density at radius 1 is 1.21 bits per heavy atom. The van der Waals surface area contributed by atoms with Gasteiger partial charge in [0.1, 0.15) is 11.5 Å². The van der Waals surface area contributed by atoms with Crippen LogP contribution in [0.2, 0.25) is 0 Å². The summed E-state index contributed by atoms with van der Waals surface area (Å²) in [5, 5.41) is 6.93. The van der Waals surface area contributed by atoms with Gasteiger partial charge >= 0.3 is 0 Å². The van der Waals surface area contributed by atoms with E-state index in [2.05, 4.69) is 14.9 Å². The van der Waals surface area contributed by atoms with Gasteiger partial charge in [-0.2, -0.15) is 0 Å². The summed E-state index contributed by atoms with van der Waals surface area (Å²) in [6.45, 7) is 0. The Morgan fingerprint density at radius 3 is 2.57 bits per heavy atom. The van der Waals surface area contributed by atoms with E-state index < -0.39 is 0 Å². The van der Waals surface area contributed by atoms with Crippen LogP contribution in [0.4, 0.5) is 4.39 Å². The van der Waals surface area contributed by atoms with Gasteiger partial charge in [-0.25, -0.2) is 9.02 Å². The van der Waals surface area contributed by atoms with E-state index >= 15 is 0 Å². The lowest BCUT2D eigenvalue weighted by molar-refractivity contribution is 0.111. The molecule has 0 spiro atoms. The molecular weight excluding hydrogens is 187 g/mol. The lowest BCUT2D eigenvalue weighted by Gasteiger charge is -1.94. The summed E-state index contributed by atoms with van der Waals surface area (Å²) < 4.78 is 17.0. The van der Waals surface area contributed by atoms with Crippen molar-refractivity contribution in [1.82, 2.24) is 10.3 Å². The van der Waals surface area contributed by atoms with E-state index in [-0.39, 0.29) is 11.5 Å². The van der Waals surface area contributed by atoms with Crippen LogP contribution in [0.3, 0.4) is 0 Å². The highest BCUT2D eigenvalue weighted by molar-refractivity contribution is 5.82.